The quantitative estimate of drug-likeness (QED) is 0.637. The molecule has 1 saturated heterocycles. The summed E-state index contributed by atoms with van der Waals surface area (Å²) in [6.07, 6.45) is 2.80. The van der Waals surface area contributed by atoms with Crippen molar-refractivity contribution in [2.75, 3.05) is 36.5 Å². The van der Waals surface area contributed by atoms with Gasteiger partial charge in [-0.25, -0.2) is 15.8 Å². The van der Waals surface area contributed by atoms with Crippen LogP contribution in [-0.2, 0) is 0 Å². The van der Waals surface area contributed by atoms with Gasteiger partial charge in [0.15, 0.2) is 0 Å². The number of aromatic nitrogens is 2. The Labute approximate surface area is 127 Å². The fraction of sp³-hybridized carbons (Fsp3) is 0.733. The molecule has 6 heteroatoms. The molecule has 0 aliphatic carbocycles. The zero-order valence-corrected chi connectivity index (χ0v) is 13.6. The highest BCUT2D eigenvalue weighted by Gasteiger charge is 2.24. The summed E-state index contributed by atoms with van der Waals surface area (Å²) >= 11 is 0. The van der Waals surface area contributed by atoms with Gasteiger partial charge in [0.05, 0.1) is 0 Å². The van der Waals surface area contributed by atoms with Crippen LogP contribution < -0.4 is 16.2 Å². The van der Waals surface area contributed by atoms with E-state index >= 15 is 0 Å². The van der Waals surface area contributed by atoms with Crippen LogP contribution in [0.5, 0.6) is 0 Å². The fourth-order valence-corrected chi connectivity index (χ4v) is 2.92. The lowest BCUT2D eigenvalue weighted by Gasteiger charge is -2.39. The van der Waals surface area contributed by atoms with Crippen molar-refractivity contribution in [3.8, 4) is 0 Å². The third-order valence-electron chi connectivity index (χ3n) is 4.40. The van der Waals surface area contributed by atoms with Crippen molar-refractivity contribution >= 4 is 11.6 Å². The maximum absolute atomic E-state index is 5.60. The van der Waals surface area contributed by atoms with E-state index in [-0.39, 0.29) is 0 Å². The molecular formula is C15H28N6. The number of rotatable bonds is 5. The lowest BCUT2D eigenvalue weighted by Crippen LogP contribution is -2.50. The second-order valence-electron chi connectivity index (χ2n) is 6.04. The second-order valence-corrected chi connectivity index (χ2v) is 6.04. The third kappa shape index (κ3) is 3.44. The van der Waals surface area contributed by atoms with Gasteiger partial charge in [-0.1, -0.05) is 20.8 Å². The lowest BCUT2D eigenvalue weighted by atomic mass is 10.0. The molecule has 2 rings (SSSR count). The first-order valence-corrected chi connectivity index (χ1v) is 7.89. The van der Waals surface area contributed by atoms with Gasteiger partial charge in [0.2, 0.25) is 0 Å². The minimum absolute atomic E-state index is 0.333. The fourth-order valence-electron chi connectivity index (χ4n) is 2.92. The summed E-state index contributed by atoms with van der Waals surface area (Å²) in [6.45, 7) is 13.0. The number of nitrogens with zero attached hydrogens (tertiary/aromatic N) is 4. The number of nitrogens with one attached hydrogen (secondary N) is 1. The molecule has 6 nitrogen and oxygen atoms in total. The number of hydrogen-bond acceptors (Lipinski definition) is 6. The highest BCUT2D eigenvalue weighted by Crippen LogP contribution is 2.31. The molecule has 0 bridgehead atoms. The Balaban J connectivity index is 2.17. The first-order valence-electron chi connectivity index (χ1n) is 7.89. The summed E-state index contributed by atoms with van der Waals surface area (Å²) in [4.78, 5) is 13.7. The van der Waals surface area contributed by atoms with E-state index in [0.29, 0.717) is 12.0 Å². The van der Waals surface area contributed by atoms with Gasteiger partial charge in [0, 0.05) is 37.8 Å². The largest absolute Gasteiger partial charge is 0.354 e. The summed E-state index contributed by atoms with van der Waals surface area (Å²) in [5.41, 5.74) is 3.81. The molecule has 3 N–H and O–H groups in total. The summed E-state index contributed by atoms with van der Waals surface area (Å²) in [7, 11) is 0. The Kier molecular flexibility index (Phi) is 5.36. The summed E-state index contributed by atoms with van der Waals surface area (Å²) in [5.74, 6) is 7.69. The van der Waals surface area contributed by atoms with Crippen LogP contribution in [0, 0.1) is 0 Å². The highest BCUT2D eigenvalue weighted by molar-refractivity contribution is 5.60. The number of nitrogens with two attached hydrogens (primary N) is 1. The normalized spacial score (nSPS) is 18.1. The maximum atomic E-state index is 5.60. The van der Waals surface area contributed by atoms with Crippen molar-refractivity contribution in [3.05, 3.63) is 11.9 Å². The predicted octanol–water partition coefficient (Wildman–Crippen LogP) is 1.81. The molecule has 1 aliphatic rings. The zero-order chi connectivity index (χ0) is 15.4. The predicted molar refractivity (Wildman–Crippen MR) is 87.5 cm³/mol. The van der Waals surface area contributed by atoms with Crippen molar-refractivity contribution in [2.45, 2.75) is 46.1 Å². The zero-order valence-electron chi connectivity index (χ0n) is 13.6. The van der Waals surface area contributed by atoms with Crippen LogP contribution in [0.3, 0.4) is 0 Å². The SMILES string of the molecule is CCC(C)N1CCN(c2ncnc(NN)c2C(C)C)CC1. The van der Waals surface area contributed by atoms with Crippen molar-refractivity contribution in [1.29, 1.82) is 0 Å². The Bertz CT molecular complexity index is 453. The highest BCUT2D eigenvalue weighted by atomic mass is 15.3. The van der Waals surface area contributed by atoms with Crippen LogP contribution in [0.1, 0.15) is 45.6 Å². The number of piperazine rings is 1. The van der Waals surface area contributed by atoms with Gasteiger partial charge in [0.25, 0.3) is 0 Å². The summed E-state index contributed by atoms with van der Waals surface area (Å²) < 4.78 is 0. The van der Waals surface area contributed by atoms with Crippen LogP contribution in [0.15, 0.2) is 6.33 Å². The van der Waals surface area contributed by atoms with Crippen LogP contribution in [-0.4, -0.2) is 47.1 Å². The van der Waals surface area contributed by atoms with E-state index in [1.54, 1.807) is 6.33 Å². The molecule has 1 atom stereocenters. The molecule has 118 valence electrons. The molecule has 1 aromatic heterocycles. The van der Waals surface area contributed by atoms with Crippen LogP contribution >= 0.6 is 0 Å². The van der Waals surface area contributed by atoms with E-state index < -0.39 is 0 Å². The number of nitrogen functional groups attached to an aromatic ring is 1. The van der Waals surface area contributed by atoms with Gasteiger partial charge < -0.3 is 10.3 Å². The monoisotopic (exact) mass is 292 g/mol. The summed E-state index contributed by atoms with van der Waals surface area (Å²) in [5, 5.41) is 0. The smallest absolute Gasteiger partial charge is 0.148 e. The van der Waals surface area contributed by atoms with E-state index in [4.69, 9.17) is 5.84 Å². The van der Waals surface area contributed by atoms with E-state index in [9.17, 15) is 0 Å². The topological polar surface area (TPSA) is 70.3 Å². The van der Waals surface area contributed by atoms with E-state index in [1.165, 1.54) is 6.42 Å². The Morgan fingerprint density at radius 1 is 1.19 bits per heavy atom. The van der Waals surface area contributed by atoms with Gasteiger partial charge in [-0.05, 0) is 19.3 Å². The minimum atomic E-state index is 0.333. The third-order valence-corrected chi connectivity index (χ3v) is 4.40. The van der Waals surface area contributed by atoms with Crippen LogP contribution in [0.25, 0.3) is 0 Å². The molecule has 0 radical (unpaired) electrons. The molecule has 1 unspecified atom stereocenters. The van der Waals surface area contributed by atoms with Gasteiger partial charge in [-0.3, -0.25) is 4.90 Å². The molecule has 0 spiro atoms. The van der Waals surface area contributed by atoms with Gasteiger partial charge >= 0.3 is 0 Å². The first kappa shape index (κ1) is 16.0. The van der Waals surface area contributed by atoms with Crippen molar-refractivity contribution < 1.29 is 0 Å². The maximum Gasteiger partial charge on any atom is 0.148 e. The Morgan fingerprint density at radius 2 is 1.86 bits per heavy atom. The van der Waals surface area contributed by atoms with Gasteiger partial charge in [-0.2, -0.15) is 0 Å². The first-order chi connectivity index (χ1) is 10.1. The molecular weight excluding hydrogens is 264 g/mol. The second kappa shape index (κ2) is 7.04. The Hall–Kier alpha value is -1.40. The minimum Gasteiger partial charge on any atom is -0.354 e. The van der Waals surface area contributed by atoms with Crippen LogP contribution in [0.4, 0.5) is 11.6 Å². The number of anilines is 2. The van der Waals surface area contributed by atoms with E-state index in [2.05, 4.69) is 52.9 Å². The molecule has 2 heterocycles. The van der Waals surface area contributed by atoms with Gasteiger partial charge in [0.1, 0.15) is 18.0 Å². The van der Waals surface area contributed by atoms with Crippen molar-refractivity contribution in [3.63, 3.8) is 0 Å². The Morgan fingerprint density at radius 3 is 2.38 bits per heavy atom. The van der Waals surface area contributed by atoms with E-state index in [0.717, 1.165) is 43.4 Å². The van der Waals surface area contributed by atoms with Crippen molar-refractivity contribution in [2.24, 2.45) is 5.84 Å². The van der Waals surface area contributed by atoms with Gasteiger partial charge in [-0.15, -0.1) is 0 Å². The van der Waals surface area contributed by atoms with Crippen LogP contribution in [0.2, 0.25) is 0 Å². The molecule has 0 saturated carbocycles. The molecule has 1 aromatic rings. The average Bonchev–Trinajstić information content (AvgIpc) is 2.53. The summed E-state index contributed by atoms with van der Waals surface area (Å²) in [6, 6.07) is 0.656. The molecule has 21 heavy (non-hydrogen) atoms. The number of hydrogen-bond donors (Lipinski definition) is 2. The standard InChI is InChI=1S/C15H28N6/c1-5-12(4)20-6-8-21(9-7-20)15-13(11(2)3)14(19-16)17-10-18-15/h10-12H,5-9,16H2,1-4H3,(H,17,18,19). The average molecular weight is 292 g/mol. The molecule has 0 amide bonds. The molecule has 1 aliphatic heterocycles. The molecule has 1 fully saturated rings. The molecule has 0 aromatic carbocycles. The van der Waals surface area contributed by atoms with E-state index in [1.807, 2.05) is 0 Å². The number of hydrazine groups is 1. The lowest BCUT2D eigenvalue weighted by molar-refractivity contribution is 0.192. The van der Waals surface area contributed by atoms with Crippen molar-refractivity contribution in [1.82, 2.24) is 14.9 Å².